The molecule has 36 heavy (non-hydrogen) atoms. The molecule has 0 unspecified atom stereocenters. The second-order valence-corrected chi connectivity index (χ2v) is 12.9. The number of nitrogens with zero attached hydrogens (tertiary/aromatic N) is 1. The van der Waals surface area contributed by atoms with Crippen molar-refractivity contribution in [2.75, 3.05) is 11.7 Å². The van der Waals surface area contributed by atoms with E-state index in [1.165, 1.54) is 11.7 Å². The summed E-state index contributed by atoms with van der Waals surface area (Å²) in [6, 6.07) is 5.04. The number of hydrogen-bond acceptors (Lipinski definition) is 0. The number of anilines is 1. The van der Waals surface area contributed by atoms with Gasteiger partial charge in [0.05, 0.1) is 16.7 Å². The fourth-order valence-corrected chi connectivity index (χ4v) is 6.08. The fraction of sp³-hybridized carbons (Fsp3) is 0.500. The van der Waals surface area contributed by atoms with Gasteiger partial charge < -0.3 is 4.67 Å². The lowest BCUT2D eigenvalue weighted by atomic mass is 9.80. The summed E-state index contributed by atoms with van der Waals surface area (Å²) in [4.78, 5) is 0. The minimum Gasteiger partial charge on any atom is -0.324 e. The third-order valence-corrected chi connectivity index (χ3v) is 8.27. The van der Waals surface area contributed by atoms with Crippen LogP contribution in [-0.2, 0) is 29.4 Å². The van der Waals surface area contributed by atoms with E-state index in [0.717, 1.165) is 11.1 Å². The number of rotatable bonds is 3. The van der Waals surface area contributed by atoms with Gasteiger partial charge in [-0.1, -0.05) is 53.7 Å². The monoisotopic (exact) mass is 561 g/mol. The normalized spacial score (nSPS) is 14.0. The summed E-state index contributed by atoms with van der Waals surface area (Å²) in [6.07, 6.45) is -16.2. The lowest BCUT2D eigenvalue weighted by molar-refractivity contribution is -0.147. The maximum absolute atomic E-state index is 13.7. The van der Waals surface area contributed by atoms with E-state index >= 15 is 0 Å². The molecule has 1 nitrogen and oxygen atoms in total. The van der Waals surface area contributed by atoms with Crippen LogP contribution in [0.5, 0.6) is 0 Å². The highest BCUT2D eigenvalue weighted by Crippen LogP contribution is 2.44. The smallest absolute Gasteiger partial charge is 0.324 e. The first-order valence-electron chi connectivity index (χ1n) is 10.6. The van der Waals surface area contributed by atoms with Crippen LogP contribution in [0.2, 0.25) is 0 Å². The SMILES string of the molecule is CN(P=Pc1c(C(F)(F)F)cc(C(F)(F)F)cc1C(F)(F)F)c1ccc(C(C)(C)C)cc1C(C)(C)C. The highest BCUT2D eigenvalue weighted by Gasteiger charge is 2.44. The Kier molecular flexibility index (Phi) is 8.31. The van der Waals surface area contributed by atoms with Gasteiger partial charge in [0.15, 0.2) is 0 Å². The highest BCUT2D eigenvalue weighted by molar-refractivity contribution is 7.88. The molecular formula is C24H26F9NP2. The Morgan fingerprint density at radius 1 is 0.583 bits per heavy atom. The maximum Gasteiger partial charge on any atom is 0.417 e. The minimum atomic E-state index is -5.41. The Hall–Kier alpha value is -1.79. The number of benzene rings is 2. The number of alkyl halides is 9. The Balaban J connectivity index is 2.75. The molecule has 0 heterocycles. The fourth-order valence-electron chi connectivity index (χ4n) is 3.38. The van der Waals surface area contributed by atoms with Crippen molar-refractivity contribution in [3.05, 3.63) is 58.1 Å². The van der Waals surface area contributed by atoms with Crippen molar-refractivity contribution in [3.8, 4) is 0 Å². The van der Waals surface area contributed by atoms with Crippen LogP contribution in [0.15, 0.2) is 30.3 Å². The molecule has 0 aromatic heterocycles. The van der Waals surface area contributed by atoms with Crippen molar-refractivity contribution < 1.29 is 39.5 Å². The van der Waals surface area contributed by atoms with Crippen molar-refractivity contribution in [2.24, 2.45) is 0 Å². The van der Waals surface area contributed by atoms with Gasteiger partial charge >= 0.3 is 18.5 Å². The van der Waals surface area contributed by atoms with E-state index < -0.39 is 53.8 Å². The molecule has 0 fully saturated rings. The Morgan fingerprint density at radius 3 is 1.39 bits per heavy atom. The first-order valence-corrected chi connectivity index (χ1v) is 13.1. The molecule has 200 valence electrons. The first kappa shape index (κ1) is 30.4. The Bertz CT molecular complexity index is 1100. The molecule has 0 amide bonds. The van der Waals surface area contributed by atoms with Crippen LogP contribution in [0.4, 0.5) is 45.2 Å². The van der Waals surface area contributed by atoms with Gasteiger partial charge in [-0.05, 0) is 48.0 Å². The zero-order valence-electron chi connectivity index (χ0n) is 20.6. The molecule has 2 aromatic carbocycles. The quantitative estimate of drug-likeness (QED) is 0.266. The summed E-state index contributed by atoms with van der Waals surface area (Å²) in [5.41, 5.74) is -4.08. The van der Waals surface area contributed by atoms with Gasteiger partial charge in [-0.2, -0.15) is 39.5 Å². The second-order valence-electron chi connectivity index (χ2n) is 10.4. The van der Waals surface area contributed by atoms with Crippen molar-refractivity contribution in [1.29, 1.82) is 0 Å². The van der Waals surface area contributed by atoms with Crippen LogP contribution in [0.1, 0.15) is 69.4 Å². The average molecular weight is 561 g/mol. The third kappa shape index (κ3) is 7.16. The van der Waals surface area contributed by atoms with Crippen LogP contribution in [0, 0.1) is 0 Å². The van der Waals surface area contributed by atoms with Gasteiger partial charge in [-0.25, -0.2) is 0 Å². The average Bonchev–Trinajstić information content (AvgIpc) is 2.67. The molecule has 2 aromatic rings. The summed E-state index contributed by atoms with van der Waals surface area (Å²) >= 11 is 0. The predicted molar refractivity (Wildman–Crippen MR) is 127 cm³/mol. The standard InChI is InChI=1S/C24H26F9NP2/c1-20(2,3)13-8-9-18(15(10-13)21(4,5)6)34(7)36-35-19-16(23(28,29)30)11-14(22(25,26)27)12-17(19)24(31,32)33/h8-12H,1-7H3. The van der Waals surface area contributed by atoms with E-state index in [4.69, 9.17) is 0 Å². The molecule has 0 aliphatic carbocycles. The predicted octanol–water partition coefficient (Wildman–Crippen LogP) is 9.82. The van der Waals surface area contributed by atoms with Crippen LogP contribution in [-0.4, -0.2) is 7.05 Å². The summed E-state index contributed by atoms with van der Waals surface area (Å²) in [5, 5.41) is -1.25. The summed E-state index contributed by atoms with van der Waals surface area (Å²) < 4.78 is 123. The topological polar surface area (TPSA) is 3.24 Å². The summed E-state index contributed by atoms with van der Waals surface area (Å²) in [6.45, 7) is 11.8. The molecule has 2 rings (SSSR count). The molecule has 0 radical (unpaired) electrons. The van der Waals surface area contributed by atoms with Crippen molar-refractivity contribution in [1.82, 2.24) is 0 Å². The van der Waals surface area contributed by atoms with Crippen molar-refractivity contribution in [2.45, 2.75) is 70.9 Å². The number of hydrogen-bond donors (Lipinski definition) is 0. The zero-order valence-corrected chi connectivity index (χ0v) is 22.4. The van der Waals surface area contributed by atoms with E-state index in [1.54, 1.807) is 6.07 Å². The van der Waals surface area contributed by atoms with Gasteiger partial charge in [-0.15, -0.1) is 0 Å². The minimum absolute atomic E-state index is 0.00144. The van der Waals surface area contributed by atoms with E-state index in [2.05, 4.69) is 0 Å². The largest absolute Gasteiger partial charge is 0.417 e. The van der Waals surface area contributed by atoms with Gasteiger partial charge in [0.2, 0.25) is 0 Å². The van der Waals surface area contributed by atoms with E-state index in [-0.39, 0.29) is 25.6 Å². The van der Waals surface area contributed by atoms with Gasteiger partial charge in [-0.3, -0.25) is 0 Å². The molecule has 0 bridgehead atoms. The third-order valence-electron chi connectivity index (χ3n) is 5.35. The van der Waals surface area contributed by atoms with E-state index in [9.17, 15) is 39.5 Å². The van der Waals surface area contributed by atoms with Crippen LogP contribution in [0.3, 0.4) is 0 Å². The van der Waals surface area contributed by atoms with Gasteiger partial charge in [0.1, 0.15) is 0 Å². The maximum atomic E-state index is 13.7. The zero-order chi connectivity index (χ0) is 28.1. The molecule has 0 atom stereocenters. The molecule has 0 aliphatic heterocycles. The first-order chi connectivity index (χ1) is 15.9. The molecular weight excluding hydrogens is 535 g/mol. The number of halogens is 9. The summed E-state index contributed by atoms with van der Waals surface area (Å²) in [7, 11) is 1.05. The molecule has 0 saturated heterocycles. The molecule has 0 spiro atoms. The van der Waals surface area contributed by atoms with Crippen LogP contribution in [0.25, 0.3) is 0 Å². The van der Waals surface area contributed by atoms with Crippen molar-refractivity contribution >= 4 is 26.9 Å². The molecule has 12 heteroatoms. The Labute approximate surface area is 207 Å². The van der Waals surface area contributed by atoms with Crippen molar-refractivity contribution in [3.63, 3.8) is 0 Å². The van der Waals surface area contributed by atoms with Gasteiger partial charge in [0.25, 0.3) is 0 Å². The van der Waals surface area contributed by atoms with E-state index in [1.807, 2.05) is 53.7 Å². The Morgan fingerprint density at radius 2 is 1.03 bits per heavy atom. The molecule has 0 aliphatic rings. The summed E-state index contributed by atoms with van der Waals surface area (Å²) in [5.74, 6) is 0. The molecule has 0 saturated carbocycles. The van der Waals surface area contributed by atoms with E-state index in [0.29, 0.717) is 5.69 Å². The van der Waals surface area contributed by atoms with Crippen LogP contribution < -0.4 is 9.97 Å². The second kappa shape index (κ2) is 9.83. The highest BCUT2D eigenvalue weighted by atomic mass is 31.7. The van der Waals surface area contributed by atoms with Gasteiger partial charge in [0, 0.05) is 26.1 Å². The molecule has 0 N–H and O–H groups in total. The van der Waals surface area contributed by atoms with Crippen LogP contribution >= 0.6 is 15.9 Å². The lowest BCUT2D eigenvalue weighted by Gasteiger charge is -2.30. The lowest BCUT2D eigenvalue weighted by Crippen LogP contribution is -2.26.